The van der Waals surface area contributed by atoms with E-state index in [1.54, 1.807) is 27.6 Å². The fourth-order valence-corrected chi connectivity index (χ4v) is 3.52. The van der Waals surface area contributed by atoms with Gasteiger partial charge in [-0.2, -0.15) is 10.2 Å². The standard InChI is InChI=1S/C19H20Cl3N5O/c1-11-9-17(25-27(11)10-14-15(20)5-4-6-16(14)21)23-18(28)7-8-26-13(3)19(22)12(2)24-26/h4-6,9H,7-8,10H2,1-3H3,(H,23,25,28). The molecule has 0 atom stereocenters. The van der Waals surface area contributed by atoms with Crippen LogP contribution >= 0.6 is 34.8 Å². The molecule has 0 aliphatic heterocycles. The Morgan fingerprint density at radius 3 is 2.36 bits per heavy atom. The quantitative estimate of drug-likeness (QED) is 0.584. The zero-order valence-corrected chi connectivity index (χ0v) is 18.0. The molecule has 0 bridgehead atoms. The first-order chi connectivity index (χ1) is 13.3. The molecule has 1 N–H and O–H groups in total. The van der Waals surface area contributed by atoms with Crippen LogP contribution in [0.25, 0.3) is 0 Å². The van der Waals surface area contributed by atoms with Crippen LogP contribution in [0.3, 0.4) is 0 Å². The number of carbonyl (C=O) groups excluding carboxylic acids is 1. The van der Waals surface area contributed by atoms with Crippen LogP contribution in [-0.2, 0) is 17.9 Å². The molecule has 1 amide bonds. The van der Waals surface area contributed by atoms with Crippen molar-refractivity contribution in [1.29, 1.82) is 0 Å². The molecular weight excluding hydrogens is 421 g/mol. The Kier molecular flexibility index (Phi) is 6.33. The number of halogens is 3. The fraction of sp³-hybridized carbons (Fsp3) is 0.316. The van der Waals surface area contributed by atoms with Crippen molar-refractivity contribution in [3.8, 4) is 0 Å². The molecule has 0 saturated carbocycles. The third-order valence-corrected chi connectivity index (χ3v) is 5.72. The van der Waals surface area contributed by atoms with Crippen LogP contribution < -0.4 is 5.32 Å². The fourth-order valence-electron chi connectivity index (χ4n) is 2.87. The lowest BCUT2D eigenvalue weighted by atomic mass is 10.2. The lowest BCUT2D eigenvalue weighted by Gasteiger charge is -2.08. The van der Waals surface area contributed by atoms with Gasteiger partial charge in [-0.1, -0.05) is 40.9 Å². The van der Waals surface area contributed by atoms with E-state index in [-0.39, 0.29) is 12.3 Å². The molecule has 9 heteroatoms. The molecule has 0 fully saturated rings. The van der Waals surface area contributed by atoms with Crippen LogP contribution in [0, 0.1) is 20.8 Å². The van der Waals surface area contributed by atoms with Crippen molar-refractivity contribution in [1.82, 2.24) is 19.6 Å². The second kappa shape index (κ2) is 8.55. The first-order valence-corrected chi connectivity index (χ1v) is 9.86. The van der Waals surface area contributed by atoms with E-state index in [4.69, 9.17) is 34.8 Å². The smallest absolute Gasteiger partial charge is 0.227 e. The van der Waals surface area contributed by atoms with E-state index in [0.717, 1.165) is 22.6 Å². The van der Waals surface area contributed by atoms with Crippen LogP contribution in [-0.4, -0.2) is 25.5 Å². The molecule has 0 saturated heterocycles. The number of aromatic nitrogens is 4. The van der Waals surface area contributed by atoms with Crippen LogP contribution in [0.4, 0.5) is 5.82 Å². The summed E-state index contributed by atoms with van der Waals surface area (Å²) < 4.78 is 3.49. The lowest BCUT2D eigenvalue weighted by Crippen LogP contribution is -2.16. The van der Waals surface area contributed by atoms with Crippen molar-refractivity contribution >= 4 is 46.5 Å². The van der Waals surface area contributed by atoms with Gasteiger partial charge < -0.3 is 5.32 Å². The summed E-state index contributed by atoms with van der Waals surface area (Å²) in [7, 11) is 0. The highest BCUT2D eigenvalue weighted by molar-refractivity contribution is 6.36. The summed E-state index contributed by atoms with van der Waals surface area (Å²) in [6, 6.07) is 7.18. The van der Waals surface area contributed by atoms with Gasteiger partial charge in [0.15, 0.2) is 5.82 Å². The van der Waals surface area contributed by atoms with E-state index < -0.39 is 0 Å². The number of hydrogen-bond donors (Lipinski definition) is 1. The Labute approximate surface area is 178 Å². The molecule has 0 unspecified atom stereocenters. The Morgan fingerprint density at radius 1 is 1.07 bits per heavy atom. The van der Waals surface area contributed by atoms with Crippen LogP contribution in [0.2, 0.25) is 15.1 Å². The van der Waals surface area contributed by atoms with Gasteiger partial charge in [-0.15, -0.1) is 0 Å². The molecule has 3 rings (SSSR count). The summed E-state index contributed by atoms with van der Waals surface area (Å²) in [5, 5.41) is 13.4. The zero-order chi connectivity index (χ0) is 20.4. The summed E-state index contributed by atoms with van der Waals surface area (Å²) in [6.07, 6.45) is 0.264. The Balaban J connectivity index is 1.64. The lowest BCUT2D eigenvalue weighted by molar-refractivity contribution is -0.116. The van der Waals surface area contributed by atoms with Crippen molar-refractivity contribution in [2.24, 2.45) is 0 Å². The monoisotopic (exact) mass is 439 g/mol. The van der Waals surface area contributed by atoms with Gasteiger partial charge in [0.05, 0.1) is 29.5 Å². The molecule has 28 heavy (non-hydrogen) atoms. The molecule has 2 aromatic heterocycles. The molecular formula is C19H20Cl3N5O. The van der Waals surface area contributed by atoms with Crippen LogP contribution in [0.15, 0.2) is 24.3 Å². The van der Waals surface area contributed by atoms with Crippen molar-refractivity contribution in [2.45, 2.75) is 40.3 Å². The number of nitrogens with zero attached hydrogens (tertiary/aromatic N) is 4. The molecule has 2 heterocycles. The first-order valence-electron chi connectivity index (χ1n) is 8.73. The number of nitrogens with one attached hydrogen (secondary N) is 1. The van der Waals surface area contributed by atoms with E-state index in [9.17, 15) is 4.79 Å². The molecule has 0 aliphatic rings. The largest absolute Gasteiger partial charge is 0.309 e. The topological polar surface area (TPSA) is 64.7 Å². The molecule has 6 nitrogen and oxygen atoms in total. The molecule has 0 radical (unpaired) electrons. The maximum Gasteiger partial charge on any atom is 0.227 e. The number of anilines is 1. The highest BCUT2D eigenvalue weighted by Crippen LogP contribution is 2.26. The Hall–Kier alpha value is -2.02. The minimum Gasteiger partial charge on any atom is -0.309 e. The minimum atomic E-state index is -0.149. The Bertz CT molecular complexity index is 1000. The van der Waals surface area contributed by atoms with E-state index in [0.29, 0.717) is 34.0 Å². The van der Waals surface area contributed by atoms with Gasteiger partial charge in [0.25, 0.3) is 0 Å². The molecule has 0 aliphatic carbocycles. The third-order valence-electron chi connectivity index (χ3n) is 4.46. The van der Waals surface area contributed by atoms with Crippen molar-refractivity contribution in [2.75, 3.05) is 5.32 Å². The van der Waals surface area contributed by atoms with E-state index in [1.807, 2.05) is 26.8 Å². The van der Waals surface area contributed by atoms with Gasteiger partial charge in [-0.25, -0.2) is 0 Å². The predicted molar refractivity (Wildman–Crippen MR) is 112 cm³/mol. The average Bonchev–Trinajstić information content (AvgIpc) is 3.10. The zero-order valence-electron chi connectivity index (χ0n) is 15.8. The summed E-state index contributed by atoms with van der Waals surface area (Å²) in [4.78, 5) is 12.3. The Morgan fingerprint density at radius 2 is 1.75 bits per heavy atom. The van der Waals surface area contributed by atoms with Crippen molar-refractivity contribution < 1.29 is 4.79 Å². The number of aryl methyl sites for hydroxylation is 3. The summed E-state index contributed by atoms with van der Waals surface area (Å²) >= 11 is 18.6. The maximum absolute atomic E-state index is 12.3. The van der Waals surface area contributed by atoms with Gasteiger partial charge in [-0.05, 0) is 32.9 Å². The highest BCUT2D eigenvalue weighted by atomic mass is 35.5. The molecule has 0 spiro atoms. The number of rotatable bonds is 6. The first kappa shape index (κ1) is 20.7. The number of hydrogen-bond acceptors (Lipinski definition) is 3. The normalized spacial score (nSPS) is 11.1. The van der Waals surface area contributed by atoms with Gasteiger partial charge in [0.1, 0.15) is 0 Å². The summed E-state index contributed by atoms with van der Waals surface area (Å²) in [6.45, 7) is 6.49. The van der Waals surface area contributed by atoms with E-state index in [1.165, 1.54) is 0 Å². The van der Waals surface area contributed by atoms with E-state index in [2.05, 4.69) is 15.5 Å². The van der Waals surface area contributed by atoms with Crippen LogP contribution in [0.5, 0.6) is 0 Å². The van der Waals surface area contributed by atoms with Crippen LogP contribution in [0.1, 0.15) is 29.1 Å². The predicted octanol–water partition coefficient (Wildman–Crippen LogP) is 5.04. The van der Waals surface area contributed by atoms with Crippen molar-refractivity contribution in [3.63, 3.8) is 0 Å². The number of benzene rings is 1. The molecule has 3 aromatic rings. The van der Waals surface area contributed by atoms with Gasteiger partial charge in [0, 0.05) is 33.8 Å². The van der Waals surface area contributed by atoms with Gasteiger partial charge in [0.2, 0.25) is 5.91 Å². The second-order valence-electron chi connectivity index (χ2n) is 6.53. The number of carbonyl (C=O) groups is 1. The SMILES string of the molecule is Cc1nn(CCC(=O)Nc2cc(C)n(Cc3c(Cl)cccc3Cl)n2)c(C)c1Cl. The van der Waals surface area contributed by atoms with E-state index >= 15 is 0 Å². The summed E-state index contributed by atoms with van der Waals surface area (Å²) in [5.41, 5.74) is 3.28. The maximum atomic E-state index is 12.3. The average molecular weight is 441 g/mol. The number of amides is 1. The minimum absolute atomic E-state index is 0.149. The third kappa shape index (κ3) is 4.51. The highest BCUT2D eigenvalue weighted by Gasteiger charge is 2.13. The van der Waals surface area contributed by atoms with Gasteiger partial charge >= 0.3 is 0 Å². The second-order valence-corrected chi connectivity index (χ2v) is 7.73. The van der Waals surface area contributed by atoms with Gasteiger partial charge in [-0.3, -0.25) is 14.2 Å². The molecule has 148 valence electrons. The molecule has 1 aromatic carbocycles. The summed E-state index contributed by atoms with van der Waals surface area (Å²) in [5.74, 6) is 0.334. The van der Waals surface area contributed by atoms with Crippen molar-refractivity contribution in [3.05, 3.63) is 62.0 Å².